The highest BCUT2D eigenvalue weighted by Crippen LogP contribution is 2.38. The van der Waals surface area contributed by atoms with Crippen LogP contribution in [0.5, 0.6) is 11.5 Å². The first-order chi connectivity index (χ1) is 14.6. The van der Waals surface area contributed by atoms with E-state index in [1.54, 1.807) is 0 Å². The van der Waals surface area contributed by atoms with Gasteiger partial charge in [-0.05, 0) is 54.7 Å². The number of ether oxygens (including phenoxy) is 2. The number of nitrogens with one attached hydrogen (secondary N) is 1. The molecule has 1 saturated heterocycles. The lowest BCUT2D eigenvalue weighted by Crippen LogP contribution is -2.47. The Morgan fingerprint density at radius 1 is 0.900 bits per heavy atom. The molecule has 0 aromatic heterocycles. The van der Waals surface area contributed by atoms with Crippen LogP contribution in [0.2, 0.25) is 0 Å². The molecule has 0 bridgehead atoms. The van der Waals surface area contributed by atoms with Gasteiger partial charge in [0, 0.05) is 6.42 Å². The van der Waals surface area contributed by atoms with Crippen LogP contribution in [-0.2, 0) is 10.4 Å². The van der Waals surface area contributed by atoms with Crippen LogP contribution in [0, 0.1) is 0 Å². The van der Waals surface area contributed by atoms with E-state index in [0.29, 0.717) is 26.1 Å². The third-order valence-corrected chi connectivity index (χ3v) is 5.62. The van der Waals surface area contributed by atoms with Gasteiger partial charge in [-0.15, -0.1) is 0 Å². The van der Waals surface area contributed by atoms with Crippen LogP contribution in [0.4, 0.5) is 0 Å². The molecule has 2 aromatic carbocycles. The predicted molar refractivity (Wildman–Crippen MR) is 118 cm³/mol. The summed E-state index contributed by atoms with van der Waals surface area (Å²) >= 11 is 0. The quantitative estimate of drug-likeness (QED) is 0.532. The summed E-state index contributed by atoms with van der Waals surface area (Å²) in [6, 6.07) is 14.7. The second kappa shape index (κ2) is 10.5. The van der Waals surface area contributed by atoms with Crippen molar-refractivity contribution in [1.82, 2.24) is 5.32 Å². The van der Waals surface area contributed by atoms with Gasteiger partial charge in [-0.2, -0.15) is 0 Å². The first-order valence-corrected chi connectivity index (χ1v) is 11.1. The molecule has 3 rings (SSSR count). The Morgan fingerprint density at radius 2 is 1.37 bits per heavy atom. The van der Waals surface area contributed by atoms with Gasteiger partial charge < -0.3 is 19.9 Å². The molecule has 0 saturated carbocycles. The molecule has 0 aliphatic carbocycles. The third kappa shape index (κ3) is 5.14. The van der Waals surface area contributed by atoms with E-state index in [4.69, 9.17) is 9.47 Å². The zero-order valence-corrected chi connectivity index (χ0v) is 18.0. The van der Waals surface area contributed by atoms with Crippen molar-refractivity contribution in [2.75, 3.05) is 13.2 Å². The number of carbonyl (C=O) groups excluding carboxylic acids is 1. The van der Waals surface area contributed by atoms with E-state index in [0.717, 1.165) is 48.3 Å². The Labute approximate surface area is 179 Å². The Balaban J connectivity index is 1.85. The number of unbranched alkanes of at least 4 members (excludes halogenated alkanes) is 2. The summed E-state index contributed by atoms with van der Waals surface area (Å²) in [5.41, 5.74) is 0.144. The maximum absolute atomic E-state index is 11.9. The summed E-state index contributed by atoms with van der Waals surface area (Å²) in [5.74, 6) is 1.53. The van der Waals surface area contributed by atoms with Crippen molar-refractivity contribution in [2.45, 2.75) is 64.0 Å². The summed E-state index contributed by atoms with van der Waals surface area (Å²) in [5, 5.41) is 14.8. The van der Waals surface area contributed by atoms with Gasteiger partial charge in [-0.1, -0.05) is 51.0 Å². The van der Waals surface area contributed by atoms with Gasteiger partial charge in [0.25, 0.3) is 0 Å². The van der Waals surface area contributed by atoms with E-state index in [1.807, 2.05) is 48.5 Å². The Morgan fingerprint density at radius 3 is 1.73 bits per heavy atom. The van der Waals surface area contributed by atoms with Gasteiger partial charge in [0.2, 0.25) is 5.91 Å². The maximum atomic E-state index is 11.9. The summed E-state index contributed by atoms with van der Waals surface area (Å²) in [6.07, 6.45) is 5.18. The van der Waals surface area contributed by atoms with Gasteiger partial charge in [0.15, 0.2) is 0 Å². The maximum Gasteiger partial charge on any atom is 0.220 e. The molecule has 1 aliphatic heterocycles. The van der Waals surface area contributed by atoms with E-state index in [-0.39, 0.29) is 11.9 Å². The van der Waals surface area contributed by atoms with Crippen LogP contribution in [0.25, 0.3) is 0 Å². The minimum Gasteiger partial charge on any atom is -0.494 e. The van der Waals surface area contributed by atoms with Gasteiger partial charge in [-0.3, -0.25) is 4.79 Å². The van der Waals surface area contributed by atoms with Crippen molar-refractivity contribution in [3.05, 3.63) is 59.7 Å². The zero-order valence-electron chi connectivity index (χ0n) is 18.0. The number of carbonyl (C=O) groups is 1. The molecule has 0 radical (unpaired) electrons. The number of hydrogen-bond donors (Lipinski definition) is 2. The number of hydrogen-bond acceptors (Lipinski definition) is 4. The van der Waals surface area contributed by atoms with Gasteiger partial charge in [0.1, 0.15) is 17.1 Å². The lowest BCUT2D eigenvalue weighted by atomic mass is 9.79. The van der Waals surface area contributed by atoms with Crippen LogP contribution in [0.3, 0.4) is 0 Å². The minimum absolute atomic E-state index is 0.0301. The molecular weight excluding hydrogens is 378 g/mol. The SMILES string of the molecule is CCCCOc1ccc(C(O)(c2ccc(OCCCC)cc2)[C@@H]2CCC(=O)N2)cc1. The lowest BCUT2D eigenvalue weighted by Gasteiger charge is -2.35. The topological polar surface area (TPSA) is 67.8 Å². The second-order valence-corrected chi connectivity index (χ2v) is 7.88. The standard InChI is InChI=1S/C25H33NO4/c1-3-5-17-29-21-11-7-19(8-12-21)25(28,23-15-16-24(27)26-23)20-9-13-22(14-10-20)30-18-6-4-2/h7-14,23,28H,3-6,15-18H2,1-2H3,(H,26,27)/t23-/m0/s1. The van der Waals surface area contributed by atoms with Crippen LogP contribution in [0.1, 0.15) is 63.5 Å². The van der Waals surface area contributed by atoms with Crippen molar-refractivity contribution < 1.29 is 19.4 Å². The molecule has 30 heavy (non-hydrogen) atoms. The third-order valence-electron chi connectivity index (χ3n) is 5.62. The van der Waals surface area contributed by atoms with E-state index < -0.39 is 5.60 Å². The minimum atomic E-state index is -1.32. The molecule has 0 unspecified atom stereocenters. The molecule has 5 nitrogen and oxygen atoms in total. The Bertz CT molecular complexity index is 747. The molecule has 2 N–H and O–H groups in total. The number of aliphatic hydroxyl groups is 1. The predicted octanol–water partition coefficient (Wildman–Crippen LogP) is 4.56. The van der Waals surface area contributed by atoms with Crippen molar-refractivity contribution in [3.8, 4) is 11.5 Å². The summed E-state index contributed by atoms with van der Waals surface area (Å²) in [4.78, 5) is 11.9. The molecule has 1 heterocycles. The molecule has 1 aliphatic rings. The van der Waals surface area contributed by atoms with Crippen LogP contribution >= 0.6 is 0 Å². The zero-order chi connectivity index (χ0) is 21.4. The van der Waals surface area contributed by atoms with E-state index in [2.05, 4.69) is 19.2 Å². The van der Waals surface area contributed by atoms with E-state index >= 15 is 0 Å². The number of rotatable bonds is 11. The summed E-state index contributed by atoms with van der Waals surface area (Å²) < 4.78 is 11.5. The highest BCUT2D eigenvalue weighted by molar-refractivity contribution is 5.79. The monoisotopic (exact) mass is 411 g/mol. The first kappa shape index (κ1) is 22.2. The van der Waals surface area contributed by atoms with Crippen molar-refractivity contribution in [3.63, 3.8) is 0 Å². The average molecular weight is 412 g/mol. The Hall–Kier alpha value is -2.53. The Kier molecular flexibility index (Phi) is 7.75. The average Bonchev–Trinajstić information content (AvgIpc) is 3.21. The molecular formula is C25H33NO4. The van der Waals surface area contributed by atoms with Crippen molar-refractivity contribution >= 4 is 5.91 Å². The summed E-state index contributed by atoms with van der Waals surface area (Å²) in [6.45, 7) is 5.61. The molecule has 5 heteroatoms. The van der Waals surface area contributed by atoms with Gasteiger partial charge in [0.05, 0.1) is 19.3 Å². The fourth-order valence-corrected chi connectivity index (χ4v) is 3.78. The van der Waals surface area contributed by atoms with E-state index in [1.165, 1.54) is 0 Å². The van der Waals surface area contributed by atoms with Crippen LogP contribution < -0.4 is 14.8 Å². The lowest BCUT2D eigenvalue weighted by molar-refractivity contribution is -0.120. The highest BCUT2D eigenvalue weighted by atomic mass is 16.5. The number of benzene rings is 2. The largest absolute Gasteiger partial charge is 0.494 e. The summed E-state index contributed by atoms with van der Waals surface area (Å²) in [7, 11) is 0. The van der Waals surface area contributed by atoms with Crippen LogP contribution in [0.15, 0.2) is 48.5 Å². The van der Waals surface area contributed by atoms with Gasteiger partial charge in [-0.25, -0.2) is 0 Å². The van der Waals surface area contributed by atoms with Gasteiger partial charge >= 0.3 is 0 Å². The second-order valence-electron chi connectivity index (χ2n) is 7.88. The highest BCUT2D eigenvalue weighted by Gasteiger charge is 2.43. The van der Waals surface area contributed by atoms with E-state index in [9.17, 15) is 9.90 Å². The molecule has 1 amide bonds. The molecule has 1 fully saturated rings. The smallest absolute Gasteiger partial charge is 0.220 e. The molecule has 0 spiro atoms. The molecule has 1 atom stereocenters. The van der Waals surface area contributed by atoms with Crippen molar-refractivity contribution in [1.29, 1.82) is 0 Å². The molecule has 2 aromatic rings. The van der Waals surface area contributed by atoms with Crippen LogP contribution in [-0.4, -0.2) is 30.3 Å². The first-order valence-electron chi connectivity index (χ1n) is 11.1. The fourth-order valence-electron chi connectivity index (χ4n) is 3.78. The number of amides is 1. The van der Waals surface area contributed by atoms with Crippen molar-refractivity contribution in [2.24, 2.45) is 0 Å². The normalized spacial score (nSPS) is 16.4. The molecule has 162 valence electrons. The fraction of sp³-hybridized carbons (Fsp3) is 0.480.